The molecule has 0 atom stereocenters. The number of likely N-dealkylation sites (N-methyl/N-ethyl adjacent to an activating group) is 1. The highest BCUT2D eigenvalue weighted by atomic mass is 32.2. The van der Waals surface area contributed by atoms with Gasteiger partial charge >= 0.3 is 0 Å². The van der Waals surface area contributed by atoms with Crippen LogP contribution >= 0.6 is 0 Å². The van der Waals surface area contributed by atoms with Crippen LogP contribution in [0, 0.1) is 0 Å². The van der Waals surface area contributed by atoms with Gasteiger partial charge in [0.2, 0.25) is 15.9 Å². The molecule has 0 aromatic heterocycles. The third-order valence-electron chi connectivity index (χ3n) is 4.14. The summed E-state index contributed by atoms with van der Waals surface area (Å²) in [6.07, 6.45) is 1.81. The van der Waals surface area contributed by atoms with E-state index in [-0.39, 0.29) is 29.9 Å². The van der Waals surface area contributed by atoms with Crippen molar-refractivity contribution < 1.29 is 13.2 Å². The topological polar surface area (TPSA) is 69.7 Å². The number of piperidine rings is 1. The molecule has 2 rings (SSSR count). The van der Waals surface area contributed by atoms with Crippen molar-refractivity contribution in [3.05, 3.63) is 30.3 Å². The zero-order chi connectivity index (χ0) is 16.9. The van der Waals surface area contributed by atoms with Crippen molar-refractivity contribution in [2.75, 3.05) is 33.2 Å². The molecule has 1 aromatic rings. The number of carbonyl (C=O) groups excluding carboxylic acids is 1. The predicted molar refractivity (Wildman–Crippen MR) is 89.5 cm³/mol. The minimum Gasteiger partial charge on any atom is -0.352 e. The third-order valence-corrected chi connectivity index (χ3v) is 6.07. The minimum atomic E-state index is -3.63. The lowest BCUT2D eigenvalue weighted by Crippen LogP contribution is -2.47. The molecule has 0 bridgehead atoms. The quantitative estimate of drug-likeness (QED) is 0.836. The summed E-state index contributed by atoms with van der Waals surface area (Å²) in [6, 6.07) is 8.36. The van der Waals surface area contributed by atoms with Crippen molar-refractivity contribution in [2.45, 2.75) is 30.7 Å². The van der Waals surface area contributed by atoms with Gasteiger partial charge in [0.15, 0.2) is 0 Å². The van der Waals surface area contributed by atoms with Crippen molar-refractivity contribution in [3.63, 3.8) is 0 Å². The molecule has 1 heterocycles. The summed E-state index contributed by atoms with van der Waals surface area (Å²) >= 11 is 0. The highest BCUT2D eigenvalue weighted by Crippen LogP contribution is 2.15. The first kappa shape index (κ1) is 17.9. The largest absolute Gasteiger partial charge is 0.352 e. The summed E-state index contributed by atoms with van der Waals surface area (Å²) in [5, 5.41) is 2.96. The standard InChI is InChI=1S/C16H25N3O3S/c1-3-19(23(21,22)15-7-5-4-6-8-15)13-16(20)17-14-9-11-18(2)12-10-14/h4-8,14H,3,9-13H2,1-2H3,(H,17,20). The van der Waals surface area contributed by atoms with Crippen LogP contribution in [-0.2, 0) is 14.8 Å². The first-order valence-corrected chi connectivity index (χ1v) is 9.40. The van der Waals surface area contributed by atoms with Crippen molar-refractivity contribution in [2.24, 2.45) is 0 Å². The van der Waals surface area contributed by atoms with Crippen molar-refractivity contribution >= 4 is 15.9 Å². The molecule has 0 spiro atoms. The molecule has 6 nitrogen and oxygen atoms in total. The number of hydrogen-bond donors (Lipinski definition) is 1. The fourth-order valence-corrected chi connectivity index (χ4v) is 4.12. The van der Waals surface area contributed by atoms with E-state index in [0.717, 1.165) is 25.9 Å². The van der Waals surface area contributed by atoms with Crippen molar-refractivity contribution in [1.82, 2.24) is 14.5 Å². The summed E-state index contributed by atoms with van der Waals surface area (Å²) in [6.45, 7) is 3.76. The molecule has 1 saturated heterocycles. The zero-order valence-corrected chi connectivity index (χ0v) is 14.6. The van der Waals surface area contributed by atoms with Gasteiger partial charge in [-0.1, -0.05) is 25.1 Å². The summed E-state index contributed by atoms with van der Waals surface area (Å²) in [4.78, 5) is 14.6. The first-order valence-electron chi connectivity index (χ1n) is 7.96. The van der Waals surface area contributed by atoms with E-state index in [9.17, 15) is 13.2 Å². The second kappa shape index (κ2) is 7.90. The Labute approximate surface area is 138 Å². The van der Waals surface area contributed by atoms with E-state index < -0.39 is 10.0 Å². The van der Waals surface area contributed by atoms with E-state index >= 15 is 0 Å². The average Bonchev–Trinajstić information content (AvgIpc) is 2.55. The van der Waals surface area contributed by atoms with Gasteiger partial charge in [0.1, 0.15) is 0 Å². The highest BCUT2D eigenvalue weighted by Gasteiger charge is 2.26. The molecule has 0 saturated carbocycles. The Morgan fingerprint density at radius 3 is 2.43 bits per heavy atom. The number of nitrogens with one attached hydrogen (secondary N) is 1. The van der Waals surface area contributed by atoms with Crippen LogP contribution in [0.3, 0.4) is 0 Å². The Bertz CT molecular complexity index is 611. The van der Waals surface area contributed by atoms with Crippen LogP contribution in [-0.4, -0.2) is 62.8 Å². The molecule has 1 fully saturated rings. The number of amides is 1. The van der Waals surface area contributed by atoms with Gasteiger partial charge in [-0.15, -0.1) is 0 Å². The van der Waals surface area contributed by atoms with Crippen LogP contribution < -0.4 is 5.32 Å². The highest BCUT2D eigenvalue weighted by molar-refractivity contribution is 7.89. The molecule has 1 aliphatic heterocycles. The Morgan fingerprint density at radius 2 is 1.87 bits per heavy atom. The lowest BCUT2D eigenvalue weighted by atomic mass is 10.1. The maximum atomic E-state index is 12.6. The monoisotopic (exact) mass is 339 g/mol. The molecule has 1 N–H and O–H groups in total. The van der Waals surface area contributed by atoms with Gasteiger partial charge in [-0.05, 0) is 45.1 Å². The van der Waals surface area contributed by atoms with Gasteiger partial charge in [0.05, 0.1) is 11.4 Å². The number of rotatable bonds is 6. The minimum absolute atomic E-state index is 0.136. The summed E-state index contributed by atoms with van der Waals surface area (Å²) in [5.41, 5.74) is 0. The fourth-order valence-electron chi connectivity index (χ4n) is 2.69. The summed E-state index contributed by atoms with van der Waals surface area (Å²) in [5.74, 6) is -0.235. The van der Waals surface area contributed by atoms with E-state index in [1.807, 2.05) is 0 Å². The maximum absolute atomic E-state index is 12.6. The van der Waals surface area contributed by atoms with Gasteiger partial charge in [-0.3, -0.25) is 4.79 Å². The van der Waals surface area contributed by atoms with Gasteiger partial charge in [0, 0.05) is 12.6 Å². The number of hydrogen-bond acceptors (Lipinski definition) is 4. The molecule has 0 radical (unpaired) electrons. The van der Waals surface area contributed by atoms with Crippen LogP contribution in [0.5, 0.6) is 0 Å². The maximum Gasteiger partial charge on any atom is 0.243 e. The summed E-state index contributed by atoms with van der Waals surface area (Å²) < 4.78 is 26.4. The van der Waals surface area contributed by atoms with Gasteiger partial charge in [0.25, 0.3) is 0 Å². The van der Waals surface area contributed by atoms with Gasteiger partial charge < -0.3 is 10.2 Å². The molecule has 7 heteroatoms. The Hall–Kier alpha value is -1.44. The lowest BCUT2D eigenvalue weighted by Gasteiger charge is -2.30. The van der Waals surface area contributed by atoms with Crippen LogP contribution in [0.4, 0.5) is 0 Å². The van der Waals surface area contributed by atoms with E-state index in [1.54, 1.807) is 37.3 Å². The van der Waals surface area contributed by atoms with Crippen molar-refractivity contribution in [3.8, 4) is 0 Å². The molecule has 0 aliphatic carbocycles. The molecular weight excluding hydrogens is 314 g/mol. The predicted octanol–water partition coefficient (Wildman–Crippen LogP) is 0.908. The van der Waals surface area contributed by atoms with E-state index in [2.05, 4.69) is 17.3 Å². The molecule has 1 aliphatic rings. The Kier molecular flexibility index (Phi) is 6.15. The number of nitrogens with zero attached hydrogens (tertiary/aromatic N) is 2. The van der Waals surface area contributed by atoms with Crippen LogP contribution in [0.2, 0.25) is 0 Å². The van der Waals surface area contributed by atoms with E-state index in [4.69, 9.17) is 0 Å². The SMILES string of the molecule is CCN(CC(=O)NC1CCN(C)CC1)S(=O)(=O)c1ccccc1. The molecule has 0 unspecified atom stereocenters. The van der Waals surface area contributed by atoms with Crippen LogP contribution in [0.15, 0.2) is 35.2 Å². The Morgan fingerprint density at radius 1 is 1.26 bits per heavy atom. The van der Waals surface area contributed by atoms with Gasteiger partial charge in [-0.25, -0.2) is 8.42 Å². The smallest absolute Gasteiger partial charge is 0.243 e. The fraction of sp³-hybridized carbons (Fsp3) is 0.562. The van der Waals surface area contributed by atoms with Crippen molar-refractivity contribution in [1.29, 1.82) is 0 Å². The molecule has 23 heavy (non-hydrogen) atoms. The normalized spacial score (nSPS) is 17.3. The van der Waals surface area contributed by atoms with Crippen LogP contribution in [0.25, 0.3) is 0 Å². The summed E-state index contributed by atoms with van der Waals surface area (Å²) in [7, 11) is -1.57. The van der Waals surface area contributed by atoms with E-state index in [0.29, 0.717) is 0 Å². The zero-order valence-electron chi connectivity index (χ0n) is 13.7. The number of carbonyl (C=O) groups is 1. The molecule has 1 aromatic carbocycles. The molecular formula is C16H25N3O3S. The molecule has 1 amide bonds. The third kappa shape index (κ3) is 4.76. The van der Waals surface area contributed by atoms with Gasteiger partial charge in [-0.2, -0.15) is 4.31 Å². The van der Waals surface area contributed by atoms with Crippen LogP contribution in [0.1, 0.15) is 19.8 Å². The van der Waals surface area contributed by atoms with E-state index in [1.165, 1.54) is 4.31 Å². The first-order chi connectivity index (χ1) is 10.9. The second-order valence-electron chi connectivity index (χ2n) is 5.89. The second-order valence-corrected chi connectivity index (χ2v) is 7.83. The number of likely N-dealkylation sites (tertiary alicyclic amines) is 1. The average molecular weight is 339 g/mol. The number of sulfonamides is 1. The Balaban J connectivity index is 1.97. The number of benzene rings is 1. The molecule has 128 valence electrons. The lowest BCUT2D eigenvalue weighted by molar-refractivity contribution is -0.122.